The largest absolute Gasteiger partial charge is 0.481 e. The molecule has 0 saturated carbocycles. The first-order valence-electron chi connectivity index (χ1n) is 7.05. The monoisotopic (exact) mass is 266 g/mol. The minimum Gasteiger partial charge on any atom is -0.481 e. The molecule has 3 nitrogen and oxygen atoms in total. The van der Waals surface area contributed by atoms with Crippen molar-refractivity contribution in [1.82, 2.24) is 0 Å². The number of rotatable bonds is 11. The summed E-state index contributed by atoms with van der Waals surface area (Å²) in [7, 11) is 0. The molecule has 0 aromatic heterocycles. The maximum absolute atomic E-state index is 10.3. The van der Waals surface area contributed by atoms with Crippen LogP contribution in [0, 0.1) is 0 Å². The van der Waals surface area contributed by atoms with Crippen LogP contribution >= 0.6 is 0 Å². The van der Waals surface area contributed by atoms with Gasteiger partial charge in [-0.25, -0.2) is 0 Å². The lowest BCUT2D eigenvalue weighted by molar-refractivity contribution is -0.137. The minimum atomic E-state index is -0.735. The molecule has 0 saturated heterocycles. The van der Waals surface area contributed by atoms with E-state index in [0.29, 0.717) is 12.8 Å². The highest BCUT2D eigenvalue weighted by Crippen LogP contribution is 2.03. The highest BCUT2D eigenvalue weighted by Gasteiger charge is 1.95. The van der Waals surface area contributed by atoms with Gasteiger partial charge in [0.1, 0.15) is 0 Å². The first-order valence-corrected chi connectivity index (χ1v) is 7.05. The summed E-state index contributed by atoms with van der Waals surface area (Å²) in [6.07, 6.45) is 16.7. The third-order valence-electron chi connectivity index (χ3n) is 2.59. The Labute approximate surface area is 116 Å². The fourth-order valence-corrected chi connectivity index (χ4v) is 1.50. The molecule has 19 heavy (non-hydrogen) atoms. The third-order valence-corrected chi connectivity index (χ3v) is 2.59. The van der Waals surface area contributed by atoms with Gasteiger partial charge in [-0.05, 0) is 32.1 Å². The van der Waals surface area contributed by atoms with Crippen molar-refractivity contribution >= 4 is 5.97 Å². The number of aliphatic hydroxyl groups excluding tert-OH is 1. The van der Waals surface area contributed by atoms with Crippen molar-refractivity contribution in [2.24, 2.45) is 0 Å². The first kappa shape index (κ1) is 17.6. The van der Waals surface area contributed by atoms with Gasteiger partial charge >= 0.3 is 5.97 Å². The molecule has 0 aromatic carbocycles. The summed E-state index contributed by atoms with van der Waals surface area (Å²) in [5.74, 6) is -0.735. The summed E-state index contributed by atoms with van der Waals surface area (Å²) in [5.41, 5.74) is 0. The highest BCUT2D eigenvalue weighted by molar-refractivity contribution is 5.66. The quantitative estimate of drug-likeness (QED) is 0.339. The number of allylic oxidation sites excluding steroid dienone is 4. The number of carbonyl (C=O) groups is 1. The smallest absolute Gasteiger partial charge is 0.303 e. The Morgan fingerprint density at radius 2 is 1.89 bits per heavy atom. The number of aliphatic carboxylic acids is 1. The molecule has 108 valence electrons. The standard InChI is InChI=1S/C16H26O3/c1-2-3-4-6-9-12-15(17)13-10-7-5-8-11-14-16(18)19/h4,6-7,9-10,12,15,17H,2-3,5,8,11,13-14H2,1H3,(H,18,19). The Hall–Kier alpha value is -1.35. The van der Waals surface area contributed by atoms with E-state index in [4.69, 9.17) is 5.11 Å². The van der Waals surface area contributed by atoms with E-state index in [1.165, 1.54) is 0 Å². The van der Waals surface area contributed by atoms with Gasteiger partial charge in [-0.15, -0.1) is 0 Å². The Kier molecular flexibility index (Phi) is 12.2. The third kappa shape index (κ3) is 14.6. The van der Waals surface area contributed by atoms with Gasteiger partial charge in [0.15, 0.2) is 0 Å². The number of unbranched alkanes of at least 4 members (excludes halogenated alkanes) is 3. The lowest BCUT2D eigenvalue weighted by atomic mass is 10.1. The summed E-state index contributed by atoms with van der Waals surface area (Å²) >= 11 is 0. The van der Waals surface area contributed by atoms with Crippen LogP contribution in [0.15, 0.2) is 36.5 Å². The van der Waals surface area contributed by atoms with Crippen LogP contribution in [0.4, 0.5) is 0 Å². The van der Waals surface area contributed by atoms with Gasteiger partial charge in [0, 0.05) is 6.42 Å². The Bertz CT molecular complexity index is 303. The molecular weight excluding hydrogens is 240 g/mol. The molecule has 1 unspecified atom stereocenters. The van der Waals surface area contributed by atoms with Crippen LogP contribution in [0.2, 0.25) is 0 Å². The van der Waals surface area contributed by atoms with Crippen molar-refractivity contribution in [3.8, 4) is 0 Å². The zero-order valence-electron chi connectivity index (χ0n) is 11.8. The van der Waals surface area contributed by atoms with Crippen LogP contribution < -0.4 is 0 Å². The zero-order valence-corrected chi connectivity index (χ0v) is 11.8. The van der Waals surface area contributed by atoms with Crippen LogP contribution in [0.25, 0.3) is 0 Å². The fraction of sp³-hybridized carbons (Fsp3) is 0.562. The average molecular weight is 266 g/mol. The molecule has 0 fully saturated rings. The molecule has 0 aromatic rings. The van der Waals surface area contributed by atoms with E-state index < -0.39 is 12.1 Å². The fourth-order valence-electron chi connectivity index (χ4n) is 1.50. The second kappa shape index (κ2) is 13.1. The van der Waals surface area contributed by atoms with E-state index in [1.54, 1.807) is 6.08 Å². The molecule has 3 heteroatoms. The molecule has 1 atom stereocenters. The molecular formula is C16H26O3. The Balaban J connectivity index is 3.55. The molecule has 0 aliphatic heterocycles. The van der Waals surface area contributed by atoms with Crippen LogP contribution in [-0.4, -0.2) is 22.3 Å². The Morgan fingerprint density at radius 3 is 2.58 bits per heavy atom. The van der Waals surface area contributed by atoms with E-state index in [1.807, 2.05) is 24.3 Å². The minimum absolute atomic E-state index is 0.239. The summed E-state index contributed by atoms with van der Waals surface area (Å²) in [6, 6.07) is 0. The average Bonchev–Trinajstić information content (AvgIpc) is 2.37. The Morgan fingerprint density at radius 1 is 1.11 bits per heavy atom. The van der Waals surface area contributed by atoms with E-state index in [9.17, 15) is 9.90 Å². The van der Waals surface area contributed by atoms with Crippen LogP contribution in [0.1, 0.15) is 51.9 Å². The van der Waals surface area contributed by atoms with Gasteiger partial charge in [-0.2, -0.15) is 0 Å². The number of hydrogen-bond acceptors (Lipinski definition) is 2. The van der Waals surface area contributed by atoms with Crippen LogP contribution in [0.3, 0.4) is 0 Å². The van der Waals surface area contributed by atoms with Gasteiger partial charge in [-0.3, -0.25) is 4.79 Å². The molecule has 0 radical (unpaired) electrons. The van der Waals surface area contributed by atoms with Gasteiger partial charge in [0.25, 0.3) is 0 Å². The number of carboxylic acids is 1. The molecule has 0 rings (SSSR count). The van der Waals surface area contributed by atoms with Crippen molar-refractivity contribution in [1.29, 1.82) is 0 Å². The SMILES string of the molecule is CCCC=CC=CC(O)CC=CCCCCC(=O)O. The normalized spacial score (nSPS) is 13.8. The lowest BCUT2D eigenvalue weighted by Gasteiger charge is -1.99. The van der Waals surface area contributed by atoms with Crippen molar-refractivity contribution in [2.75, 3.05) is 0 Å². The maximum Gasteiger partial charge on any atom is 0.303 e. The second-order valence-corrected chi connectivity index (χ2v) is 4.52. The molecule has 0 amide bonds. The number of carboxylic acid groups (broad SMARTS) is 1. The first-order chi connectivity index (χ1) is 9.16. The van der Waals surface area contributed by atoms with E-state index in [0.717, 1.165) is 25.7 Å². The number of hydrogen-bond donors (Lipinski definition) is 2. The topological polar surface area (TPSA) is 57.5 Å². The molecule has 0 aliphatic rings. The van der Waals surface area contributed by atoms with Crippen molar-refractivity contribution in [2.45, 2.75) is 58.0 Å². The van der Waals surface area contributed by atoms with E-state index in [2.05, 4.69) is 13.0 Å². The summed E-state index contributed by atoms with van der Waals surface area (Å²) < 4.78 is 0. The molecule has 0 spiro atoms. The summed E-state index contributed by atoms with van der Waals surface area (Å²) in [4.78, 5) is 10.3. The summed E-state index contributed by atoms with van der Waals surface area (Å²) in [5, 5.41) is 18.1. The number of aliphatic hydroxyl groups is 1. The molecule has 2 N–H and O–H groups in total. The van der Waals surface area contributed by atoms with Crippen molar-refractivity contribution in [3.63, 3.8) is 0 Å². The van der Waals surface area contributed by atoms with Gasteiger partial charge in [-0.1, -0.05) is 49.8 Å². The van der Waals surface area contributed by atoms with Gasteiger partial charge in [0.05, 0.1) is 6.10 Å². The lowest BCUT2D eigenvalue weighted by Crippen LogP contribution is -1.98. The predicted octanol–water partition coefficient (Wildman–Crippen LogP) is 3.85. The van der Waals surface area contributed by atoms with Crippen molar-refractivity contribution < 1.29 is 15.0 Å². The van der Waals surface area contributed by atoms with E-state index >= 15 is 0 Å². The summed E-state index contributed by atoms with van der Waals surface area (Å²) in [6.45, 7) is 2.13. The van der Waals surface area contributed by atoms with Crippen molar-refractivity contribution in [3.05, 3.63) is 36.5 Å². The van der Waals surface area contributed by atoms with Gasteiger partial charge < -0.3 is 10.2 Å². The van der Waals surface area contributed by atoms with Crippen LogP contribution in [-0.2, 0) is 4.79 Å². The van der Waals surface area contributed by atoms with Gasteiger partial charge in [0.2, 0.25) is 0 Å². The second-order valence-electron chi connectivity index (χ2n) is 4.52. The zero-order chi connectivity index (χ0) is 14.3. The maximum atomic E-state index is 10.3. The molecule has 0 heterocycles. The highest BCUT2D eigenvalue weighted by atomic mass is 16.4. The molecule has 0 bridgehead atoms. The van der Waals surface area contributed by atoms with Crippen LogP contribution in [0.5, 0.6) is 0 Å². The predicted molar refractivity (Wildman–Crippen MR) is 79.1 cm³/mol. The molecule has 0 aliphatic carbocycles. The van der Waals surface area contributed by atoms with E-state index in [-0.39, 0.29) is 6.42 Å².